The van der Waals surface area contributed by atoms with Gasteiger partial charge in [-0.05, 0) is 45.6 Å². The molecule has 6 nitrogen and oxygen atoms in total. The number of likely N-dealkylation sites (tertiary alicyclic amines) is 1. The second-order valence-corrected chi connectivity index (χ2v) is 7.76. The van der Waals surface area contributed by atoms with Crippen molar-refractivity contribution in [3.8, 4) is 0 Å². The van der Waals surface area contributed by atoms with Gasteiger partial charge in [-0.3, -0.25) is 4.79 Å². The van der Waals surface area contributed by atoms with Crippen LogP contribution in [0.2, 0.25) is 5.15 Å². The molecule has 1 aromatic heterocycles. The van der Waals surface area contributed by atoms with Gasteiger partial charge in [0.1, 0.15) is 10.7 Å². The highest BCUT2D eigenvalue weighted by molar-refractivity contribution is 6.32. The molecule has 0 radical (unpaired) electrons. The summed E-state index contributed by atoms with van der Waals surface area (Å²) in [4.78, 5) is 27.0. The summed E-state index contributed by atoms with van der Waals surface area (Å²) in [5.41, 5.74) is 1.72. The maximum absolute atomic E-state index is 12.6. The molecule has 1 aliphatic heterocycles. The molecule has 1 aromatic carbocycles. The number of nitrogens with zero attached hydrogens (tertiary/aromatic N) is 3. The van der Waals surface area contributed by atoms with Crippen LogP contribution < -0.4 is 0 Å². The Kier molecular flexibility index (Phi) is 6.39. The van der Waals surface area contributed by atoms with E-state index in [0.29, 0.717) is 12.2 Å². The van der Waals surface area contributed by atoms with Crippen LogP contribution in [-0.2, 0) is 16.1 Å². The summed E-state index contributed by atoms with van der Waals surface area (Å²) < 4.78 is 6.87. The van der Waals surface area contributed by atoms with Crippen LogP contribution in [0.5, 0.6) is 0 Å². The van der Waals surface area contributed by atoms with Gasteiger partial charge in [0.05, 0.1) is 12.2 Å². The van der Waals surface area contributed by atoms with Gasteiger partial charge in [-0.15, -0.1) is 0 Å². The number of carbonyl (C=O) groups is 2. The van der Waals surface area contributed by atoms with E-state index < -0.39 is 5.97 Å². The summed E-state index contributed by atoms with van der Waals surface area (Å²) in [7, 11) is 0. The van der Waals surface area contributed by atoms with Crippen molar-refractivity contribution in [1.29, 1.82) is 0 Å². The van der Waals surface area contributed by atoms with E-state index in [0.717, 1.165) is 24.8 Å². The van der Waals surface area contributed by atoms with Gasteiger partial charge < -0.3 is 9.64 Å². The summed E-state index contributed by atoms with van der Waals surface area (Å²) in [6.45, 7) is 5.94. The smallest absolute Gasteiger partial charge is 0.343 e. The van der Waals surface area contributed by atoms with Crippen LogP contribution in [0.4, 0.5) is 0 Å². The standard InChI is InChI=1S/C21H26ClN3O3/c1-14-8-7-9-15(2)25(14)18(26)13-28-21(27)19-16(3)23-24(20(19)22)12-17-10-5-4-6-11-17/h4-6,10-11,14-15H,7-9,12-13H2,1-3H3. The molecule has 0 saturated carbocycles. The monoisotopic (exact) mass is 403 g/mol. The molecule has 2 heterocycles. The lowest BCUT2D eigenvalue weighted by Crippen LogP contribution is -2.49. The molecule has 1 saturated heterocycles. The third kappa shape index (κ3) is 4.38. The molecular formula is C21H26ClN3O3. The van der Waals surface area contributed by atoms with Gasteiger partial charge in [-0.1, -0.05) is 41.9 Å². The van der Waals surface area contributed by atoms with Gasteiger partial charge in [0.2, 0.25) is 0 Å². The minimum absolute atomic E-state index is 0.161. The van der Waals surface area contributed by atoms with Crippen LogP contribution in [0.15, 0.2) is 30.3 Å². The van der Waals surface area contributed by atoms with Crippen LogP contribution in [0.3, 0.4) is 0 Å². The van der Waals surface area contributed by atoms with Crippen LogP contribution in [-0.4, -0.2) is 45.2 Å². The fraction of sp³-hybridized carbons (Fsp3) is 0.476. The first kappa shape index (κ1) is 20.4. The third-order valence-corrected chi connectivity index (χ3v) is 5.64. The second-order valence-electron chi connectivity index (χ2n) is 7.40. The average molecular weight is 404 g/mol. The zero-order valence-corrected chi connectivity index (χ0v) is 17.3. The third-order valence-electron chi connectivity index (χ3n) is 5.25. The fourth-order valence-electron chi connectivity index (χ4n) is 3.83. The van der Waals surface area contributed by atoms with E-state index in [9.17, 15) is 9.59 Å². The minimum atomic E-state index is -0.618. The highest BCUT2D eigenvalue weighted by Gasteiger charge is 2.30. The molecular weight excluding hydrogens is 378 g/mol. The Labute approximate surface area is 170 Å². The number of hydrogen-bond acceptors (Lipinski definition) is 4. The van der Waals surface area contributed by atoms with Crippen molar-refractivity contribution in [2.45, 2.75) is 58.7 Å². The predicted molar refractivity (Wildman–Crippen MR) is 107 cm³/mol. The Morgan fingerprint density at radius 3 is 2.46 bits per heavy atom. The van der Waals surface area contributed by atoms with Crippen molar-refractivity contribution >= 4 is 23.5 Å². The number of piperidine rings is 1. The Balaban J connectivity index is 1.66. The average Bonchev–Trinajstić information content (AvgIpc) is 2.94. The second kappa shape index (κ2) is 8.78. The molecule has 2 atom stereocenters. The van der Waals surface area contributed by atoms with Gasteiger partial charge in [0.15, 0.2) is 6.61 Å². The lowest BCUT2D eigenvalue weighted by atomic mass is 9.97. The molecule has 1 fully saturated rings. The van der Waals surface area contributed by atoms with Gasteiger partial charge in [0, 0.05) is 12.1 Å². The summed E-state index contributed by atoms with van der Waals surface area (Å²) in [6.07, 6.45) is 3.06. The van der Waals surface area contributed by atoms with E-state index in [2.05, 4.69) is 5.10 Å². The number of ether oxygens (including phenoxy) is 1. The van der Waals surface area contributed by atoms with Gasteiger partial charge in [0.25, 0.3) is 5.91 Å². The number of rotatable bonds is 5. The van der Waals surface area contributed by atoms with Crippen molar-refractivity contribution in [2.75, 3.05) is 6.61 Å². The fourth-order valence-corrected chi connectivity index (χ4v) is 4.14. The minimum Gasteiger partial charge on any atom is -0.452 e. The van der Waals surface area contributed by atoms with Crippen LogP contribution in [0, 0.1) is 6.92 Å². The van der Waals surface area contributed by atoms with Gasteiger partial charge in [-0.2, -0.15) is 5.10 Å². The quantitative estimate of drug-likeness (QED) is 0.711. The molecule has 1 amide bonds. The van der Waals surface area contributed by atoms with Crippen molar-refractivity contribution in [2.24, 2.45) is 0 Å². The summed E-state index contributed by atoms with van der Waals surface area (Å²) >= 11 is 6.39. The molecule has 1 aliphatic rings. The number of aryl methyl sites for hydroxylation is 1. The number of aromatic nitrogens is 2. The van der Waals surface area contributed by atoms with Crippen LogP contribution in [0.1, 0.15) is 54.7 Å². The number of esters is 1. The SMILES string of the molecule is Cc1nn(Cc2ccccc2)c(Cl)c1C(=O)OCC(=O)N1C(C)CCCC1C. The first-order valence-electron chi connectivity index (χ1n) is 9.63. The summed E-state index contributed by atoms with van der Waals surface area (Å²) in [5, 5.41) is 4.58. The topological polar surface area (TPSA) is 64.4 Å². The van der Waals surface area contributed by atoms with E-state index in [-0.39, 0.29) is 35.3 Å². The van der Waals surface area contributed by atoms with E-state index in [1.165, 1.54) is 0 Å². The Hall–Kier alpha value is -2.34. The maximum Gasteiger partial charge on any atom is 0.343 e. The molecule has 2 aromatic rings. The molecule has 3 rings (SSSR count). The molecule has 0 aliphatic carbocycles. The molecule has 0 bridgehead atoms. The van der Waals surface area contributed by atoms with Gasteiger partial charge >= 0.3 is 5.97 Å². The lowest BCUT2D eigenvalue weighted by Gasteiger charge is -2.38. The number of carbonyl (C=O) groups excluding carboxylic acids is 2. The normalized spacial score (nSPS) is 19.5. The zero-order valence-electron chi connectivity index (χ0n) is 16.5. The Morgan fingerprint density at radius 2 is 1.82 bits per heavy atom. The van der Waals surface area contributed by atoms with E-state index >= 15 is 0 Å². The highest BCUT2D eigenvalue weighted by Crippen LogP contribution is 2.24. The molecule has 2 unspecified atom stereocenters. The largest absolute Gasteiger partial charge is 0.452 e. The molecule has 150 valence electrons. The van der Waals surface area contributed by atoms with Crippen LogP contribution >= 0.6 is 11.6 Å². The van der Waals surface area contributed by atoms with Gasteiger partial charge in [-0.25, -0.2) is 9.48 Å². The Morgan fingerprint density at radius 1 is 1.18 bits per heavy atom. The molecule has 0 N–H and O–H groups in total. The van der Waals surface area contributed by atoms with E-state index in [1.807, 2.05) is 49.1 Å². The Bertz CT molecular complexity index is 840. The van der Waals surface area contributed by atoms with Crippen molar-refractivity contribution in [3.05, 3.63) is 52.3 Å². The highest BCUT2D eigenvalue weighted by atomic mass is 35.5. The van der Waals surface area contributed by atoms with E-state index in [4.69, 9.17) is 16.3 Å². The maximum atomic E-state index is 12.6. The lowest BCUT2D eigenvalue weighted by molar-refractivity contribution is -0.140. The number of amides is 1. The van der Waals surface area contributed by atoms with Crippen molar-refractivity contribution < 1.29 is 14.3 Å². The number of hydrogen-bond donors (Lipinski definition) is 0. The first-order valence-corrected chi connectivity index (χ1v) is 10.0. The van der Waals surface area contributed by atoms with Crippen molar-refractivity contribution in [3.63, 3.8) is 0 Å². The summed E-state index contributed by atoms with van der Waals surface area (Å²) in [5.74, 6) is -0.786. The van der Waals surface area contributed by atoms with Crippen molar-refractivity contribution in [1.82, 2.24) is 14.7 Å². The zero-order chi connectivity index (χ0) is 20.3. The first-order chi connectivity index (χ1) is 13.4. The molecule has 7 heteroatoms. The number of benzene rings is 1. The predicted octanol–water partition coefficient (Wildman–Crippen LogP) is 3.84. The molecule has 0 spiro atoms. The van der Waals surface area contributed by atoms with Crippen LogP contribution in [0.25, 0.3) is 0 Å². The number of halogens is 1. The van der Waals surface area contributed by atoms with E-state index in [1.54, 1.807) is 11.6 Å². The summed E-state index contributed by atoms with van der Waals surface area (Å²) in [6, 6.07) is 10.0. The molecule has 28 heavy (non-hydrogen) atoms.